The lowest BCUT2D eigenvalue weighted by Crippen LogP contribution is -2.25. The van der Waals surface area contributed by atoms with E-state index in [-0.39, 0.29) is 17.6 Å². The van der Waals surface area contributed by atoms with E-state index in [1.165, 1.54) is 6.92 Å². The van der Waals surface area contributed by atoms with Crippen LogP contribution < -0.4 is 16.0 Å². The standard InChI is InChI=1S/C23H45N3O6/c1-21(27)9-6-11-23(29)26-14-8-16-31-18-20-32-19-17-30-15-7-13-25-22(28)10-4-3-5-12-24-2/h24H,3-20H2,1-2H3,(H,25,28)(H,26,29). The second kappa shape index (κ2) is 24.1. The SMILES string of the molecule is CNCCCCCC(=O)NCCCOCCOCCOCCCNC(=O)CCCC(C)=O. The van der Waals surface area contributed by atoms with Gasteiger partial charge in [0.05, 0.1) is 26.4 Å². The number of carbonyl (C=O) groups excluding carboxylic acids is 3. The maximum absolute atomic E-state index is 11.7. The Kier molecular flexibility index (Phi) is 22.9. The van der Waals surface area contributed by atoms with E-state index in [0.717, 1.165) is 38.6 Å². The topological polar surface area (TPSA) is 115 Å². The molecular weight excluding hydrogens is 414 g/mol. The molecule has 32 heavy (non-hydrogen) atoms. The Morgan fingerprint density at radius 3 is 1.56 bits per heavy atom. The maximum Gasteiger partial charge on any atom is 0.220 e. The zero-order valence-electron chi connectivity index (χ0n) is 20.2. The van der Waals surface area contributed by atoms with E-state index in [1.54, 1.807) is 0 Å². The first-order valence-corrected chi connectivity index (χ1v) is 12.0. The van der Waals surface area contributed by atoms with Crippen LogP contribution in [0.25, 0.3) is 0 Å². The predicted octanol–water partition coefficient (Wildman–Crippen LogP) is 1.59. The monoisotopic (exact) mass is 459 g/mol. The van der Waals surface area contributed by atoms with Crippen LogP contribution in [0.4, 0.5) is 0 Å². The Bertz CT molecular complexity index is 477. The first-order chi connectivity index (χ1) is 15.6. The first-order valence-electron chi connectivity index (χ1n) is 12.0. The Hall–Kier alpha value is -1.55. The minimum Gasteiger partial charge on any atom is -0.379 e. The van der Waals surface area contributed by atoms with E-state index >= 15 is 0 Å². The van der Waals surface area contributed by atoms with Crippen LogP contribution in [0.2, 0.25) is 0 Å². The molecule has 0 heterocycles. The summed E-state index contributed by atoms with van der Waals surface area (Å²) in [6.07, 6.45) is 6.70. The lowest BCUT2D eigenvalue weighted by molar-refractivity contribution is -0.122. The van der Waals surface area contributed by atoms with E-state index < -0.39 is 0 Å². The van der Waals surface area contributed by atoms with Gasteiger partial charge in [0.2, 0.25) is 11.8 Å². The molecule has 0 saturated heterocycles. The summed E-state index contributed by atoms with van der Waals surface area (Å²) >= 11 is 0. The molecule has 0 atom stereocenters. The Morgan fingerprint density at radius 1 is 0.562 bits per heavy atom. The molecule has 0 aliphatic rings. The second-order valence-electron chi connectivity index (χ2n) is 7.71. The number of nitrogens with one attached hydrogen (secondary N) is 3. The minimum absolute atomic E-state index is 0.0206. The van der Waals surface area contributed by atoms with Crippen LogP contribution in [0.5, 0.6) is 0 Å². The van der Waals surface area contributed by atoms with Crippen molar-refractivity contribution < 1.29 is 28.6 Å². The van der Waals surface area contributed by atoms with Gasteiger partial charge in [0.25, 0.3) is 0 Å². The number of ether oxygens (including phenoxy) is 3. The first kappa shape index (κ1) is 30.4. The zero-order valence-corrected chi connectivity index (χ0v) is 20.2. The lowest BCUT2D eigenvalue weighted by Gasteiger charge is -2.08. The fraction of sp³-hybridized carbons (Fsp3) is 0.870. The molecule has 0 aliphatic heterocycles. The van der Waals surface area contributed by atoms with Gasteiger partial charge in [-0.15, -0.1) is 0 Å². The van der Waals surface area contributed by atoms with Crippen molar-refractivity contribution in [1.29, 1.82) is 0 Å². The van der Waals surface area contributed by atoms with Crippen molar-refractivity contribution in [3.63, 3.8) is 0 Å². The number of hydrogen-bond donors (Lipinski definition) is 3. The summed E-state index contributed by atoms with van der Waals surface area (Å²) in [6, 6.07) is 0. The van der Waals surface area contributed by atoms with E-state index in [1.807, 2.05) is 7.05 Å². The average molecular weight is 460 g/mol. The van der Waals surface area contributed by atoms with Crippen LogP contribution in [-0.4, -0.2) is 83.9 Å². The second-order valence-corrected chi connectivity index (χ2v) is 7.71. The highest BCUT2D eigenvalue weighted by Crippen LogP contribution is 1.99. The lowest BCUT2D eigenvalue weighted by atomic mass is 10.2. The van der Waals surface area contributed by atoms with Crippen molar-refractivity contribution in [3.8, 4) is 0 Å². The highest BCUT2D eigenvalue weighted by atomic mass is 16.5. The average Bonchev–Trinajstić information content (AvgIpc) is 2.76. The van der Waals surface area contributed by atoms with Gasteiger partial charge in [0.15, 0.2) is 0 Å². The largest absolute Gasteiger partial charge is 0.379 e. The minimum atomic E-state index is -0.0206. The molecule has 0 saturated carbocycles. The van der Waals surface area contributed by atoms with Crippen molar-refractivity contribution in [2.24, 2.45) is 0 Å². The van der Waals surface area contributed by atoms with E-state index in [4.69, 9.17) is 14.2 Å². The third-order valence-corrected chi connectivity index (χ3v) is 4.58. The molecule has 0 rings (SSSR count). The highest BCUT2D eigenvalue weighted by Gasteiger charge is 2.02. The van der Waals surface area contributed by atoms with Gasteiger partial charge in [-0.05, 0) is 52.6 Å². The number of amides is 2. The molecule has 0 bridgehead atoms. The van der Waals surface area contributed by atoms with E-state index in [9.17, 15) is 14.4 Å². The Morgan fingerprint density at radius 2 is 1.06 bits per heavy atom. The van der Waals surface area contributed by atoms with Gasteiger partial charge in [0.1, 0.15) is 5.78 Å². The predicted molar refractivity (Wildman–Crippen MR) is 125 cm³/mol. The van der Waals surface area contributed by atoms with Gasteiger partial charge in [0, 0.05) is 45.6 Å². The van der Waals surface area contributed by atoms with Gasteiger partial charge in [-0.3, -0.25) is 9.59 Å². The molecule has 0 unspecified atom stereocenters. The summed E-state index contributed by atoms with van der Waals surface area (Å²) in [5.74, 6) is 0.208. The summed E-state index contributed by atoms with van der Waals surface area (Å²) in [5, 5.41) is 8.83. The molecule has 9 nitrogen and oxygen atoms in total. The van der Waals surface area contributed by atoms with Crippen LogP contribution >= 0.6 is 0 Å². The van der Waals surface area contributed by atoms with Crippen molar-refractivity contribution in [2.75, 3.05) is 66.3 Å². The molecule has 0 aromatic carbocycles. The molecule has 188 valence electrons. The van der Waals surface area contributed by atoms with Crippen LogP contribution in [0, 0.1) is 0 Å². The van der Waals surface area contributed by atoms with Gasteiger partial charge in [-0.2, -0.15) is 0 Å². The Balaban J connectivity index is 3.19. The molecule has 2 amide bonds. The van der Waals surface area contributed by atoms with Crippen molar-refractivity contribution >= 4 is 17.6 Å². The molecule has 0 aliphatic carbocycles. The number of carbonyl (C=O) groups is 3. The van der Waals surface area contributed by atoms with Crippen LogP contribution in [0.3, 0.4) is 0 Å². The third kappa shape index (κ3) is 24.7. The number of unbranched alkanes of at least 4 members (excludes halogenated alkanes) is 2. The fourth-order valence-electron chi connectivity index (χ4n) is 2.78. The summed E-state index contributed by atoms with van der Waals surface area (Å²) in [5.41, 5.74) is 0. The summed E-state index contributed by atoms with van der Waals surface area (Å²) in [4.78, 5) is 34.0. The number of Topliss-reactive ketones (excluding diaryl/α,β-unsaturated/α-hetero) is 1. The van der Waals surface area contributed by atoms with Crippen molar-refractivity contribution in [1.82, 2.24) is 16.0 Å². The quantitative estimate of drug-likeness (QED) is 0.188. The number of rotatable bonds is 24. The number of hydrogen-bond acceptors (Lipinski definition) is 7. The molecule has 0 spiro atoms. The Labute approximate surface area is 193 Å². The molecule has 9 heteroatoms. The molecule has 3 N–H and O–H groups in total. The normalized spacial score (nSPS) is 10.8. The van der Waals surface area contributed by atoms with E-state index in [2.05, 4.69) is 16.0 Å². The fourth-order valence-corrected chi connectivity index (χ4v) is 2.78. The van der Waals surface area contributed by atoms with E-state index in [0.29, 0.717) is 78.4 Å². The summed E-state index contributed by atoms with van der Waals surface area (Å²) < 4.78 is 16.4. The summed E-state index contributed by atoms with van der Waals surface area (Å²) in [6.45, 7) is 6.96. The highest BCUT2D eigenvalue weighted by molar-refractivity contribution is 5.78. The third-order valence-electron chi connectivity index (χ3n) is 4.58. The van der Waals surface area contributed by atoms with Crippen LogP contribution in [-0.2, 0) is 28.6 Å². The molecular formula is C23H45N3O6. The molecule has 0 fully saturated rings. The zero-order chi connectivity index (χ0) is 23.7. The maximum atomic E-state index is 11.7. The van der Waals surface area contributed by atoms with Gasteiger partial charge >= 0.3 is 0 Å². The van der Waals surface area contributed by atoms with Gasteiger partial charge in [-0.25, -0.2) is 0 Å². The van der Waals surface area contributed by atoms with Crippen molar-refractivity contribution in [2.45, 2.75) is 64.7 Å². The molecule has 0 radical (unpaired) electrons. The molecule has 0 aromatic heterocycles. The summed E-state index contributed by atoms with van der Waals surface area (Å²) in [7, 11) is 1.94. The molecule has 0 aromatic rings. The van der Waals surface area contributed by atoms with Crippen LogP contribution in [0.15, 0.2) is 0 Å². The van der Waals surface area contributed by atoms with Gasteiger partial charge in [-0.1, -0.05) is 6.42 Å². The smallest absolute Gasteiger partial charge is 0.220 e. The van der Waals surface area contributed by atoms with Crippen LogP contribution in [0.1, 0.15) is 64.7 Å². The number of ketones is 1. The van der Waals surface area contributed by atoms with Gasteiger partial charge < -0.3 is 35.0 Å². The van der Waals surface area contributed by atoms with Crippen molar-refractivity contribution in [3.05, 3.63) is 0 Å².